The minimum Gasteiger partial charge on any atom is -0.396 e. The van der Waals surface area contributed by atoms with Crippen LogP contribution in [0.1, 0.15) is 11.5 Å². The normalized spacial score (nSPS) is 12.5. The van der Waals surface area contributed by atoms with Gasteiger partial charge in [-0.25, -0.2) is 0 Å². The van der Waals surface area contributed by atoms with Gasteiger partial charge in [-0.15, -0.1) is 0 Å². The second-order valence-corrected chi connectivity index (χ2v) is 4.03. The Balaban J connectivity index is 3.13. The molecule has 6 heteroatoms. The summed E-state index contributed by atoms with van der Waals surface area (Å²) in [6.07, 6.45) is 0. The number of halogens is 1. The molecule has 1 aromatic carbocycles. The fourth-order valence-corrected chi connectivity index (χ4v) is 1.75. The quantitative estimate of drug-likeness (QED) is 0.642. The maximum Gasteiger partial charge on any atom is 0.270 e. The number of aliphatic hydroxyl groups is 1. The number of non-ortho nitro benzene ring substituents is 1. The molecule has 0 bridgehead atoms. The van der Waals surface area contributed by atoms with Crippen molar-refractivity contribution in [1.82, 2.24) is 0 Å². The third-order valence-electron chi connectivity index (χ3n) is 2.09. The van der Waals surface area contributed by atoms with Crippen LogP contribution in [-0.4, -0.2) is 23.2 Å². The highest BCUT2D eigenvalue weighted by Gasteiger charge is 2.14. The van der Waals surface area contributed by atoms with Crippen LogP contribution in [0.3, 0.4) is 0 Å². The minimum atomic E-state index is -0.473. The van der Waals surface area contributed by atoms with E-state index >= 15 is 0 Å². The molecular weight excluding hydrogens is 264 g/mol. The highest BCUT2D eigenvalue weighted by molar-refractivity contribution is 9.10. The molecule has 0 aliphatic heterocycles. The summed E-state index contributed by atoms with van der Waals surface area (Å²) in [5.41, 5.74) is 6.11. The van der Waals surface area contributed by atoms with E-state index < -0.39 is 4.92 Å². The van der Waals surface area contributed by atoms with Crippen LogP contribution in [0.15, 0.2) is 22.7 Å². The summed E-state index contributed by atoms with van der Waals surface area (Å²) in [4.78, 5) is 10.1. The molecule has 0 aliphatic carbocycles. The van der Waals surface area contributed by atoms with E-state index in [0.29, 0.717) is 10.0 Å². The number of hydrogen-bond acceptors (Lipinski definition) is 4. The number of hydrogen-bond donors (Lipinski definition) is 2. The Labute approximate surface area is 95.2 Å². The van der Waals surface area contributed by atoms with Gasteiger partial charge in [0.15, 0.2) is 0 Å². The lowest BCUT2D eigenvalue weighted by Crippen LogP contribution is -2.16. The fourth-order valence-electron chi connectivity index (χ4n) is 1.25. The standard InChI is InChI=1S/C9H11BrN2O3/c10-8-1-6(7(4-11)5-13)2-9(3-8)12(14)15/h1-3,7,13H,4-5,11H2. The van der Waals surface area contributed by atoms with Gasteiger partial charge in [0.05, 0.1) is 11.5 Å². The topological polar surface area (TPSA) is 89.4 Å². The average Bonchev–Trinajstić information content (AvgIpc) is 2.18. The number of rotatable bonds is 4. The lowest BCUT2D eigenvalue weighted by Gasteiger charge is -2.11. The second kappa shape index (κ2) is 5.20. The number of nitrogens with two attached hydrogens (primary N) is 1. The van der Waals surface area contributed by atoms with Crippen LogP contribution in [-0.2, 0) is 0 Å². The van der Waals surface area contributed by atoms with Crippen molar-refractivity contribution < 1.29 is 10.0 Å². The third kappa shape index (κ3) is 2.98. The Morgan fingerprint density at radius 3 is 2.67 bits per heavy atom. The van der Waals surface area contributed by atoms with Gasteiger partial charge in [0.25, 0.3) is 5.69 Å². The molecule has 0 saturated carbocycles. The van der Waals surface area contributed by atoms with Crippen LogP contribution in [0, 0.1) is 10.1 Å². The maximum atomic E-state index is 10.6. The molecular formula is C9H11BrN2O3. The first-order valence-electron chi connectivity index (χ1n) is 4.34. The smallest absolute Gasteiger partial charge is 0.270 e. The number of nitro benzene ring substituents is 1. The van der Waals surface area contributed by atoms with E-state index in [1.807, 2.05) is 0 Å². The molecule has 1 rings (SSSR count). The summed E-state index contributed by atoms with van der Waals surface area (Å²) in [7, 11) is 0. The Morgan fingerprint density at radius 1 is 1.53 bits per heavy atom. The van der Waals surface area contributed by atoms with Gasteiger partial charge < -0.3 is 10.8 Å². The van der Waals surface area contributed by atoms with Crippen LogP contribution in [0.25, 0.3) is 0 Å². The van der Waals surface area contributed by atoms with E-state index in [4.69, 9.17) is 10.8 Å². The first-order chi connectivity index (χ1) is 7.08. The zero-order chi connectivity index (χ0) is 11.4. The van der Waals surface area contributed by atoms with Crippen molar-refractivity contribution in [2.75, 3.05) is 13.2 Å². The van der Waals surface area contributed by atoms with Crippen LogP contribution < -0.4 is 5.73 Å². The fraction of sp³-hybridized carbons (Fsp3) is 0.333. The zero-order valence-corrected chi connectivity index (χ0v) is 9.48. The summed E-state index contributed by atoms with van der Waals surface area (Å²) in [6, 6.07) is 4.56. The predicted molar refractivity (Wildman–Crippen MR) is 59.7 cm³/mol. The molecule has 5 nitrogen and oxygen atoms in total. The van der Waals surface area contributed by atoms with Crippen LogP contribution in [0.4, 0.5) is 5.69 Å². The summed E-state index contributed by atoms with van der Waals surface area (Å²) in [5.74, 6) is -0.263. The number of nitro groups is 1. The van der Waals surface area contributed by atoms with Gasteiger partial charge in [-0.3, -0.25) is 10.1 Å². The van der Waals surface area contributed by atoms with Crippen molar-refractivity contribution in [2.45, 2.75) is 5.92 Å². The van der Waals surface area contributed by atoms with Crippen molar-refractivity contribution in [3.05, 3.63) is 38.3 Å². The Bertz CT molecular complexity index is 366. The largest absolute Gasteiger partial charge is 0.396 e. The van der Waals surface area contributed by atoms with Gasteiger partial charge in [0.2, 0.25) is 0 Å². The molecule has 3 N–H and O–H groups in total. The van der Waals surface area contributed by atoms with E-state index in [2.05, 4.69) is 15.9 Å². The summed E-state index contributed by atoms with van der Waals surface area (Å²) in [5, 5.41) is 19.6. The number of benzene rings is 1. The van der Waals surface area contributed by atoms with E-state index in [9.17, 15) is 10.1 Å². The molecule has 1 atom stereocenters. The van der Waals surface area contributed by atoms with Crippen LogP contribution >= 0.6 is 15.9 Å². The average molecular weight is 275 g/mol. The van der Waals surface area contributed by atoms with Gasteiger partial charge in [-0.1, -0.05) is 15.9 Å². The molecule has 0 aromatic heterocycles. The third-order valence-corrected chi connectivity index (χ3v) is 2.55. The Kier molecular flexibility index (Phi) is 4.19. The lowest BCUT2D eigenvalue weighted by molar-refractivity contribution is -0.385. The molecule has 0 spiro atoms. The van der Waals surface area contributed by atoms with Gasteiger partial charge in [0, 0.05) is 29.1 Å². The van der Waals surface area contributed by atoms with Crippen molar-refractivity contribution in [2.24, 2.45) is 5.73 Å². The monoisotopic (exact) mass is 274 g/mol. The van der Waals surface area contributed by atoms with E-state index in [-0.39, 0.29) is 24.8 Å². The van der Waals surface area contributed by atoms with Gasteiger partial charge in [-0.2, -0.15) is 0 Å². The Morgan fingerprint density at radius 2 is 2.20 bits per heavy atom. The molecule has 0 aliphatic rings. The first kappa shape index (κ1) is 12.1. The summed E-state index contributed by atoms with van der Waals surface area (Å²) >= 11 is 3.18. The molecule has 0 amide bonds. The van der Waals surface area contributed by atoms with E-state index in [1.54, 1.807) is 6.07 Å². The van der Waals surface area contributed by atoms with E-state index in [0.717, 1.165) is 0 Å². The van der Waals surface area contributed by atoms with Crippen molar-refractivity contribution in [1.29, 1.82) is 0 Å². The molecule has 1 aromatic rings. The van der Waals surface area contributed by atoms with Crippen molar-refractivity contribution in [3.8, 4) is 0 Å². The number of nitrogens with zero attached hydrogens (tertiary/aromatic N) is 1. The number of aliphatic hydroxyl groups excluding tert-OH is 1. The summed E-state index contributed by atoms with van der Waals surface area (Å²) < 4.78 is 0.610. The van der Waals surface area contributed by atoms with Crippen molar-refractivity contribution in [3.63, 3.8) is 0 Å². The molecule has 0 heterocycles. The van der Waals surface area contributed by atoms with Gasteiger partial charge >= 0.3 is 0 Å². The minimum absolute atomic E-state index is 0.00808. The highest BCUT2D eigenvalue weighted by atomic mass is 79.9. The van der Waals surface area contributed by atoms with Crippen LogP contribution in [0.2, 0.25) is 0 Å². The maximum absolute atomic E-state index is 10.6. The molecule has 0 fully saturated rings. The van der Waals surface area contributed by atoms with Crippen LogP contribution in [0.5, 0.6) is 0 Å². The molecule has 0 saturated heterocycles. The lowest BCUT2D eigenvalue weighted by atomic mass is 10.00. The molecule has 1 unspecified atom stereocenters. The Hall–Kier alpha value is -0.980. The second-order valence-electron chi connectivity index (χ2n) is 3.12. The summed E-state index contributed by atoms with van der Waals surface area (Å²) in [6.45, 7) is 0.133. The predicted octanol–water partition coefficient (Wildman–Crippen LogP) is 1.39. The van der Waals surface area contributed by atoms with Crippen molar-refractivity contribution >= 4 is 21.6 Å². The van der Waals surface area contributed by atoms with Gasteiger partial charge in [-0.05, 0) is 11.6 Å². The molecule has 0 radical (unpaired) electrons. The highest BCUT2D eigenvalue weighted by Crippen LogP contribution is 2.25. The first-order valence-corrected chi connectivity index (χ1v) is 5.13. The van der Waals surface area contributed by atoms with E-state index in [1.165, 1.54) is 12.1 Å². The SMILES string of the molecule is NCC(CO)c1cc(Br)cc([N+](=O)[O-])c1. The molecule has 15 heavy (non-hydrogen) atoms. The molecule has 82 valence electrons. The zero-order valence-electron chi connectivity index (χ0n) is 7.89. The van der Waals surface area contributed by atoms with Gasteiger partial charge in [0.1, 0.15) is 0 Å².